The van der Waals surface area contributed by atoms with Crippen LogP contribution < -0.4 is 9.64 Å². The molecule has 0 N–H and O–H groups in total. The predicted molar refractivity (Wildman–Crippen MR) is 118 cm³/mol. The van der Waals surface area contributed by atoms with Crippen LogP contribution in [0.4, 0.5) is 11.4 Å². The zero-order chi connectivity index (χ0) is 21.1. The van der Waals surface area contributed by atoms with Crippen LogP contribution in [0.5, 0.6) is 5.75 Å². The van der Waals surface area contributed by atoms with E-state index in [1.54, 1.807) is 11.0 Å². The summed E-state index contributed by atoms with van der Waals surface area (Å²) in [5, 5.41) is 9.35. The summed E-state index contributed by atoms with van der Waals surface area (Å²) in [4.78, 5) is 17.0. The van der Waals surface area contributed by atoms with Crippen molar-refractivity contribution in [2.75, 3.05) is 24.6 Å². The highest BCUT2D eigenvalue weighted by Crippen LogP contribution is 2.37. The molecule has 1 atom stereocenters. The standard InChI is InChI=1S/C25H29N3O2/c1-18-6-8-22(15-21(18)17-26)28-24-10-9-23(16-20(24)7-11-25(28)29)30-14-4-13-27-12-3-5-19(27)2/h6,8-10,15-16,19H,3-5,7,11-14H2,1-2H3/t19-/m1/s1. The fourth-order valence-electron chi connectivity index (χ4n) is 4.49. The van der Waals surface area contributed by atoms with Gasteiger partial charge in [-0.1, -0.05) is 6.07 Å². The molecular formula is C25H29N3O2. The van der Waals surface area contributed by atoms with Crippen molar-refractivity contribution in [3.05, 3.63) is 53.1 Å². The van der Waals surface area contributed by atoms with Gasteiger partial charge in [-0.05, 0) is 87.5 Å². The molecule has 0 unspecified atom stereocenters. The number of benzene rings is 2. The molecule has 0 aromatic heterocycles. The fourth-order valence-corrected chi connectivity index (χ4v) is 4.49. The van der Waals surface area contributed by atoms with E-state index in [0.717, 1.165) is 41.2 Å². The quantitative estimate of drug-likeness (QED) is 0.654. The number of amides is 1. The summed E-state index contributed by atoms with van der Waals surface area (Å²) in [5.74, 6) is 0.919. The monoisotopic (exact) mass is 403 g/mol. The number of aryl methyl sites for hydroxylation is 2. The molecule has 0 spiro atoms. The van der Waals surface area contributed by atoms with Gasteiger partial charge in [0.25, 0.3) is 0 Å². The highest BCUT2D eigenvalue weighted by atomic mass is 16.5. The summed E-state index contributed by atoms with van der Waals surface area (Å²) >= 11 is 0. The van der Waals surface area contributed by atoms with Gasteiger partial charge in [-0.15, -0.1) is 0 Å². The van der Waals surface area contributed by atoms with Gasteiger partial charge in [0.1, 0.15) is 5.75 Å². The van der Waals surface area contributed by atoms with Crippen molar-refractivity contribution in [2.24, 2.45) is 0 Å². The summed E-state index contributed by atoms with van der Waals surface area (Å²) in [6.07, 6.45) is 4.80. The maximum Gasteiger partial charge on any atom is 0.231 e. The van der Waals surface area contributed by atoms with Gasteiger partial charge in [-0.3, -0.25) is 9.69 Å². The maximum atomic E-state index is 12.7. The number of ether oxygens (including phenoxy) is 1. The number of rotatable bonds is 6. The van der Waals surface area contributed by atoms with Crippen molar-refractivity contribution in [3.63, 3.8) is 0 Å². The number of anilines is 2. The van der Waals surface area contributed by atoms with Gasteiger partial charge in [0, 0.05) is 19.0 Å². The van der Waals surface area contributed by atoms with E-state index in [4.69, 9.17) is 4.74 Å². The first-order valence-corrected chi connectivity index (χ1v) is 10.9. The Morgan fingerprint density at radius 1 is 1.20 bits per heavy atom. The van der Waals surface area contributed by atoms with E-state index in [-0.39, 0.29) is 5.91 Å². The zero-order valence-corrected chi connectivity index (χ0v) is 17.9. The van der Waals surface area contributed by atoms with Crippen molar-refractivity contribution in [1.29, 1.82) is 5.26 Å². The summed E-state index contributed by atoms with van der Waals surface area (Å²) in [7, 11) is 0. The van der Waals surface area contributed by atoms with Crippen LogP contribution in [0.3, 0.4) is 0 Å². The number of carbonyl (C=O) groups is 1. The second kappa shape index (κ2) is 8.89. The van der Waals surface area contributed by atoms with E-state index in [1.807, 2.05) is 31.2 Å². The molecule has 2 aliphatic heterocycles. The molecular weight excluding hydrogens is 374 g/mol. The molecule has 0 radical (unpaired) electrons. The van der Waals surface area contributed by atoms with Gasteiger partial charge in [-0.2, -0.15) is 5.26 Å². The van der Waals surface area contributed by atoms with E-state index in [9.17, 15) is 10.1 Å². The Labute approximate surface area is 178 Å². The molecule has 2 heterocycles. The maximum absolute atomic E-state index is 12.7. The highest BCUT2D eigenvalue weighted by molar-refractivity contribution is 6.03. The van der Waals surface area contributed by atoms with E-state index >= 15 is 0 Å². The lowest BCUT2D eigenvalue weighted by atomic mass is 9.99. The number of hydrogen-bond acceptors (Lipinski definition) is 4. The number of nitriles is 1. The van der Waals surface area contributed by atoms with Crippen LogP contribution in [0.2, 0.25) is 0 Å². The van der Waals surface area contributed by atoms with Crippen LogP contribution in [0.1, 0.15) is 49.3 Å². The average molecular weight is 404 g/mol. The SMILES string of the molecule is Cc1ccc(N2C(=O)CCc3cc(OCCCN4CCC[C@H]4C)ccc32)cc1C#N. The first kappa shape index (κ1) is 20.4. The first-order valence-electron chi connectivity index (χ1n) is 10.9. The molecule has 5 heteroatoms. The van der Waals surface area contributed by atoms with Crippen molar-refractivity contribution >= 4 is 17.3 Å². The second-order valence-electron chi connectivity index (χ2n) is 8.36. The summed E-state index contributed by atoms with van der Waals surface area (Å²) in [6.45, 7) is 7.20. The first-order chi connectivity index (χ1) is 14.6. The molecule has 1 amide bonds. The minimum Gasteiger partial charge on any atom is -0.494 e. The van der Waals surface area contributed by atoms with Crippen LogP contribution in [-0.4, -0.2) is 36.5 Å². The Morgan fingerprint density at radius 2 is 2.07 bits per heavy atom. The van der Waals surface area contributed by atoms with Gasteiger partial charge in [0.15, 0.2) is 0 Å². The molecule has 0 aliphatic carbocycles. The molecule has 0 bridgehead atoms. The van der Waals surface area contributed by atoms with Crippen LogP contribution in [0.25, 0.3) is 0 Å². The van der Waals surface area contributed by atoms with Gasteiger partial charge < -0.3 is 9.64 Å². The van der Waals surface area contributed by atoms with Crippen LogP contribution in [0, 0.1) is 18.3 Å². The Bertz CT molecular complexity index is 979. The predicted octanol–water partition coefficient (Wildman–Crippen LogP) is 4.73. The summed E-state index contributed by atoms with van der Waals surface area (Å²) in [5.41, 5.74) is 4.26. The van der Waals surface area contributed by atoms with Crippen molar-refractivity contribution < 1.29 is 9.53 Å². The smallest absolute Gasteiger partial charge is 0.231 e. The molecule has 1 saturated heterocycles. The third-order valence-electron chi connectivity index (χ3n) is 6.30. The molecule has 1 fully saturated rings. The third kappa shape index (κ3) is 4.20. The number of fused-ring (bicyclic) bond motifs is 1. The Balaban J connectivity index is 1.46. The lowest BCUT2D eigenvalue weighted by molar-refractivity contribution is -0.118. The molecule has 5 nitrogen and oxygen atoms in total. The van der Waals surface area contributed by atoms with Gasteiger partial charge in [-0.25, -0.2) is 0 Å². The molecule has 30 heavy (non-hydrogen) atoms. The molecule has 2 aromatic carbocycles. The number of hydrogen-bond donors (Lipinski definition) is 0. The van der Waals surface area contributed by atoms with Crippen molar-refractivity contribution in [3.8, 4) is 11.8 Å². The lowest BCUT2D eigenvalue weighted by Gasteiger charge is -2.30. The normalized spacial score (nSPS) is 18.9. The van der Waals surface area contributed by atoms with Crippen LogP contribution >= 0.6 is 0 Å². The topological polar surface area (TPSA) is 56.6 Å². The third-order valence-corrected chi connectivity index (χ3v) is 6.30. The van der Waals surface area contributed by atoms with Crippen molar-refractivity contribution in [1.82, 2.24) is 4.90 Å². The molecule has 2 aliphatic rings. The average Bonchev–Trinajstić information content (AvgIpc) is 3.16. The number of nitrogens with zero attached hydrogens (tertiary/aromatic N) is 3. The number of likely N-dealkylation sites (tertiary alicyclic amines) is 1. The van der Waals surface area contributed by atoms with Gasteiger partial charge >= 0.3 is 0 Å². The van der Waals surface area contributed by atoms with E-state index in [0.29, 0.717) is 31.1 Å². The minimum atomic E-state index is 0.0589. The summed E-state index contributed by atoms with van der Waals surface area (Å²) in [6, 6.07) is 14.5. The Kier molecular flexibility index (Phi) is 6.06. The molecule has 4 rings (SSSR count). The van der Waals surface area contributed by atoms with Crippen molar-refractivity contribution in [2.45, 2.75) is 52.0 Å². The lowest BCUT2D eigenvalue weighted by Crippen LogP contribution is -2.31. The largest absolute Gasteiger partial charge is 0.494 e. The van der Waals surface area contributed by atoms with Crippen LogP contribution in [-0.2, 0) is 11.2 Å². The van der Waals surface area contributed by atoms with E-state index in [2.05, 4.69) is 24.0 Å². The second-order valence-corrected chi connectivity index (χ2v) is 8.36. The Hall–Kier alpha value is -2.84. The molecule has 2 aromatic rings. The van der Waals surface area contributed by atoms with E-state index in [1.165, 1.54) is 19.4 Å². The van der Waals surface area contributed by atoms with Gasteiger partial charge in [0.2, 0.25) is 5.91 Å². The fraction of sp³-hybridized carbons (Fsp3) is 0.440. The molecule has 156 valence electrons. The minimum absolute atomic E-state index is 0.0589. The highest BCUT2D eigenvalue weighted by Gasteiger charge is 2.26. The zero-order valence-electron chi connectivity index (χ0n) is 17.9. The number of carbonyl (C=O) groups excluding carboxylic acids is 1. The van der Waals surface area contributed by atoms with Crippen LogP contribution in [0.15, 0.2) is 36.4 Å². The summed E-state index contributed by atoms with van der Waals surface area (Å²) < 4.78 is 6.01. The van der Waals surface area contributed by atoms with Gasteiger partial charge in [0.05, 0.1) is 29.6 Å². The Morgan fingerprint density at radius 3 is 2.83 bits per heavy atom. The molecule has 0 saturated carbocycles. The van der Waals surface area contributed by atoms with E-state index < -0.39 is 0 Å².